The molecule has 2 atom stereocenters. The van der Waals surface area contributed by atoms with Crippen LogP contribution in [0.25, 0.3) is 0 Å². The van der Waals surface area contributed by atoms with Crippen molar-refractivity contribution in [3.63, 3.8) is 0 Å². The molecule has 0 heterocycles. The molecule has 0 aliphatic carbocycles. The van der Waals surface area contributed by atoms with Crippen LogP contribution in [0.1, 0.15) is 42.5 Å². The number of hydrogen-bond donors (Lipinski definition) is 1. The summed E-state index contributed by atoms with van der Waals surface area (Å²) in [5, 5.41) is 3.50. The fraction of sp³-hybridized carbons (Fsp3) is 0.278. The Bertz CT molecular complexity index is 1750. The lowest BCUT2D eigenvalue weighted by Crippen LogP contribution is -2.54. The zero-order valence-electron chi connectivity index (χ0n) is 26.4. The molecule has 0 saturated heterocycles. The van der Waals surface area contributed by atoms with Crippen LogP contribution in [-0.4, -0.2) is 43.8 Å². The predicted molar refractivity (Wildman–Crippen MR) is 188 cm³/mol. The number of aryl methyl sites for hydroxylation is 2. The highest BCUT2D eigenvalue weighted by Crippen LogP contribution is 2.30. The Morgan fingerprint density at radius 2 is 1.54 bits per heavy atom. The van der Waals surface area contributed by atoms with Crippen LogP contribution in [0, 0.1) is 13.8 Å². The summed E-state index contributed by atoms with van der Waals surface area (Å²) in [6.07, 6.45) is 0.957. The van der Waals surface area contributed by atoms with Crippen LogP contribution in [0.5, 0.6) is 0 Å². The Balaban J connectivity index is 1.83. The monoisotopic (exact) mass is 723 g/mol. The van der Waals surface area contributed by atoms with E-state index in [9.17, 15) is 18.0 Å². The van der Waals surface area contributed by atoms with Gasteiger partial charge in [0.05, 0.1) is 10.6 Å². The van der Waals surface area contributed by atoms with Crippen molar-refractivity contribution < 1.29 is 18.0 Å². The second-order valence-electron chi connectivity index (χ2n) is 11.4. The quantitative estimate of drug-likeness (QED) is 0.155. The SMILES string of the molecule is CC[C@H](C)NC(=O)[C@@H](Cc1ccccc1)N(Cc1ccc(Br)cc1)C(=O)CN(c1ccc(Cl)cc1C)S(=O)(=O)c1ccc(C)cc1. The van der Waals surface area contributed by atoms with Gasteiger partial charge in [-0.2, -0.15) is 0 Å². The van der Waals surface area contributed by atoms with E-state index in [2.05, 4.69) is 21.2 Å². The summed E-state index contributed by atoms with van der Waals surface area (Å²) in [7, 11) is -4.21. The number of hydrogen-bond acceptors (Lipinski definition) is 4. The molecule has 4 aromatic rings. The van der Waals surface area contributed by atoms with Crippen LogP contribution < -0.4 is 9.62 Å². The molecule has 0 unspecified atom stereocenters. The molecule has 242 valence electrons. The number of sulfonamides is 1. The van der Waals surface area contributed by atoms with E-state index in [0.29, 0.717) is 22.7 Å². The summed E-state index contributed by atoms with van der Waals surface area (Å²) in [6, 6.07) is 27.3. The Labute approximate surface area is 285 Å². The molecule has 46 heavy (non-hydrogen) atoms. The molecule has 0 aliphatic rings. The first-order valence-corrected chi connectivity index (χ1v) is 17.7. The minimum atomic E-state index is -4.21. The average molecular weight is 725 g/mol. The van der Waals surface area contributed by atoms with E-state index < -0.39 is 28.5 Å². The van der Waals surface area contributed by atoms with Crippen LogP contribution in [0.4, 0.5) is 5.69 Å². The summed E-state index contributed by atoms with van der Waals surface area (Å²) in [5.74, 6) is -0.826. The molecule has 1 N–H and O–H groups in total. The molecule has 4 aromatic carbocycles. The third-order valence-electron chi connectivity index (χ3n) is 7.85. The van der Waals surface area contributed by atoms with Gasteiger partial charge >= 0.3 is 0 Å². The second-order valence-corrected chi connectivity index (χ2v) is 14.6. The number of nitrogens with one attached hydrogen (secondary N) is 1. The first-order chi connectivity index (χ1) is 21.9. The maximum absolute atomic E-state index is 14.6. The molecule has 2 amide bonds. The van der Waals surface area contributed by atoms with Crippen molar-refractivity contribution in [1.82, 2.24) is 10.2 Å². The lowest BCUT2D eigenvalue weighted by molar-refractivity contribution is -0.140. The first kappa shape index (κ1) is 35.2. The molecule has 10 heteroatoms. The lowest BCUT2D eigenvalue weighted by atomic mass is 10.0. The normalized spacial score (nSPS) is 12.7. The highest BCUT2D eigenvalue weighted by molar-refractivity contribution is 9.10. The largest absolute Gasteiger partial charge is 0.352 e. The Kier molecular flexibility index (Phi) is 12.1. The smallest absolute Gasteiger partial charge is 0.264 e. The average Bonchev–Trinajstić information content (AvgIpc) is 3.03. The fourth-order valence-corrected chi connectivity index (χ4v) is 7.00. The molecule has 0 radical (unpaired) electrons. The van der Waals surface area contributed by atoms with Gasteiger partial charge in [-0.15, -0.1) is 0 Å². The standard InChI is InChI=1S/C36H39BrClN3O4S/c1-5-27(4)39-36(43)34(22-28-9-7-6-8-10-28)40(23-29-13-15-30(37)16-14-29)35(42)24-41(33-20-17-31(38)21-26(33)3)46(44,45)32-18-11-25(2)12-19-32/h6-21,27,34H,5,22-24H2,1-4H3,(H,39,43)/t27-,34+/m0/s1. The Morgan fingerprint density at radius 3 is 2.15 bits per heavy atom. The van der Waals surface area contributed by atoms with Crippen molar-refractivity contribution in [3.8, 4) is 0 Å². The van der Waals surface area contributed by atoms with Crippen LogP contribution >= 0.6 is 27.5 Å². The summed E-state index contributed by atoms with van der Waals surface area (Å²) < 4.78 is 30.5. The van der Waals surface area contributed by atoms with Crippen molar-refractivity contribution in [1.29, 1.82) is 0 Å². The maximum Gasteiger partial charge on any atom is 0.264 e. The molecule has 4 rings (SSSR count). The summed E-state index contributed by atoms with van der Waals surface area (Å²) in [4.78, 5) is 30.1. The van der Waals surface area contributed by atoms with Gasteiger partial charge in [-0.05, 0) is 86.3 Å². The highest BCUT2D eigenvalue weighted by Gasteiger charge is 2.35. The Hall–Kier alpha value is -3.66. The van der Waals surface area contributed by atoms with Gasteiger partial charge < -0.3 is 10.2 Å². The summed E-state index contributed by atoms with van der Waals surface area (Å²) in [5.41, 5.74) is 3.48. The van der Waals surface area contributed by atoms with Crippen LogP contribution in [0.15, 0.2) is 106 Å². The van der Waals surface area contributed by atoms with Crippen molar-refractivity contribution in [2.45, 2.75) is 64.1 Å². The van der Waals surface area contributed by atoms with Crippen LogP contribution in [0.2, 0.25) is 5.02 Å². The van der Waals surface area contributed by atoms with Gasteiger partial charge in [0.1, 0.15) is 12.6 Å². The van der Waals surface area contributed by atoms with Gasteiger partial charge in [0, 0.05) is 28.5 Å². The van der Waals surface area contributed by atoms with Gasteiger partial charge in [0.15, 0.2) is 0 Å². The summed E-state index contributed by atoms with van der Waals surface area (Å²) >= 11 is 9.71. The third-order valence-corrected chi connectivity index (χ3v) is 10.4. The number of nitrogens with zero attached hydrogens (tertiary/aromatic N) is 2. The number of carbonyl (C=O) groups is 2. The molecule has 0 fully saturated rings. The van der Waals surface area contributed by atoms with Crippen LogP contribution in [0.3, 0.4) is 0 Å². The number of amides is 2. The number of benzene rings is 4. The van der Waals surface area contributed by atoms with Gasteiger partial charge in [0.25, 0.3) is 10.0 Å². The third kappa shape index (κ3) is 8.99. The van der Waals surface area contributed by atoms with Crippen molar-refractivity contribution in [3.05, 3.63) is 129 Å². The molecule has 0 aromatic heterocycles. The van der Waals surface area contributed by atoms with E-state index >= 15 is 0 Å². The van der Waals surface area contributed by atoms with E-state index in [0.717, 1.165) is 25.5 Å². The van der Waals surface area contributed by atoms with Gasteiger partial charge in [0.2, 0.25) is 11.8 Å². The zero-order valence-corrected chi connectivity index (χ0v) is 29.6. The predicted octanol–water partition coefficient (Wildman–Crippen LogP) is 7.47. The molecule has 0 bridgehead atoms. The van der Waals surface area contributed by atoms with Crippen molar-refractivity contribution >= 4 is 55.1 Å². The van der Waals surface area contributed by atoms with Gasteiger partial charge in [-0.3, -0.25) is 13.9 Å². The minimum absolute atomic E-state index is 0.0510. The summed E-state index contributed by atoms with van der Waals surface area (Å²) in [6.45, 7) is 7.08. The van der Waals surface area contributed by atoms with E-state index in [1.54, 1.807) is 37.3 Å². The number of carbonyl (C=O) groups excluding carboxylic acids is 2. The second kappa shape index (κ2) is 15.8. The Morgan fingerprint density at radius 1 is 0.891 bits per heavy atom. The van der Waals surface area contributed by atoms with E-state index in [-0.39, 0.29) is 29.8 Å². The molecule has 0 saturated carbocycles. The molecule has 0 spiro atoms. The van der Waals surface area contributed by atoms with Crippen molar-refractivity contribution in [2.75, 3.05) is 10.8 Å². The van der Waals surface area contributed by atoms with Crippen molar-refractivity contribution in [2.24, 2.45) is 0 Å². The zero-order chi connectivity index (χ0) is 33.4. The molecule has 0 aliphatic heterocycles. The minimum Gasteiger partial charge on any atom is -0.352 e. The molecular weight excluding hydrogens is 686 g/mol. The number of halogens is 2. The maximum atomic E-state index is 14.6. The number of anilines is 1. The lowest BCUT2D eigenvalue weighted by Gasteiger charge is -2.34. The highest BCUT2D eigenvalue weighted by atomic mass is 79.9. The molecule has 7 nitrogen and oxygen atoms in total. The fourth-order valence-electron chi connectivity index (χ4n) is 5.03. The van der Waals surface area contributed by atoms with Gasteiger partial charge in [-0.25, -0.2) is 8.42 Å². The molecular formula is C36H39BrClN3O4S. The van der Waals surface area contributed by atoms with E-state index in [1.165, 1.54) is 17.0 Å². The van der Waals surface area contributed by atoms with Gasteiger partial charge in [-0.1, -0.05) is 94.6 Å². The number of rotatable bonds is 13. The first-order valence-electron chi connectivity index (χ1n) is 15.1. The van der Waals surface area contributed by atoms with Crippen LogP contribution in [-0.2, 0) is 32.6 Å². The van der Waals surface area contributed by atoms with E-state index in [1.807, 2.05) is 75.4 Å². The topological polar surface area (TPSA) is 86.8 Å². The van der Waals surface area contributed by atoms with E-state index in [4.69, 9.17) is 11.6 Å².